The smallest absolute Gasteiger partial charge is 0.242 e. The number of thioether (sulfide) groups is 1. The summed E-state index contributed by atoms with van der Waals surface area (Å²) in [6.07, 6.45) is 5.97. The maximum atomic E-state index is 13.2. The van der Waals surface area contributed by atoms with Crippen molar-refractivity contribution in [2.45, 2.75) is 69.0 Å². The van der Waals surface area contributed by atoms with Crippen LogP contribution < -0.4 is 5.32 Å². The van der Waals surface area contributed by atoms with E-state index in [-0.39, 0.29) is 17.9 Å². The van der Waals surface area contributed by atoms with Crippen molar-refractivity contribution in [3.05, 3.63) is 65.2 Å². The maximum Gasteiger partial charge on any atom is 0.242 e. The molecule has 1 N–H and O–H groups in total. The molecule has 0 aliphatic heterocycles. The van der Waals surface area contributed by atoms with Crippen molar-refractivity contribution in [2.24, 2.45) is 0 Å². The number of hydrogen-bond donors (Lipinski definition) is 1. The second kappa shape index (κ2) is 12.2. The van der Waals surface area contributed by atoms with Gasteiger partial charge in [-0.2, -0.15) is 0 Å². The minimum atomic E-state index is -0.532. The van der Waals surface area contributed by atoms with Crippen molar-refractivity contribution in [2.75, 3.05) is 5.75 Å². The molecule has 31 heavy (non-hydrogen) atoms. The Labute approximate surface area is 194 Å². The number of benzene rings is 2. The van der Waals surface area contributed by atoms with Crippen LogP contribution in [0, 0.1) is 0 Å². The van der Waals surface area contributed by atoms with Crippen molar-refractivity contribution in [3.8, 4) is 0 Å². The first-order chi connectivity index (χ1) is 15.0. The number of halogens is 1. The molecule has 0 aromatic heterocycles. The van der Waals surface area contributed by atoms with Gasteiger partial charge >= 0.3 is 0 Å². The summed E-state index contributed by atoms with van der Waals surface area (Å²) < 4.78 is 0. The number of carbonyl (C=O) groups excluding carboxylic acids is 2. The van der Waals surface area contributed by atoms with Crippen LogP contribution in [0.1, 0.15) is 51.0 Å². The molecule has 3 rings (SSSR count). The van der Waals surface area contributed by atoms with E-state index in [9.17, 15) is 9.59 Å². The molecule has 1 fully saturated rings. The highest BCUT2D eigenvalue weighted by Gasteiger charge is 2.27. The number of nitrogens with one attached hydrogen (secondary N) is 1. The molecule has 166 valence electrons. The lowest BCUT2D eigenvalue weighted by atomic mass is 9.95. The maximum absolute atomic E-state index is 13.2. The van der Waals surface area contributed by atoms with Gasteiger partial charge in [0.25, 0.3) is 0 Å². The lowest BCUT2D eigenvalue weighted by molar-refractivity contribution is -0.140. The summed E-state index contributed by atoms with van der Waals surface area (Å²) in [5, 5.41) is 3.80. The summed E-state index contributed by atoms with van der Waals surface area (Å²) in [5.74, 6) is 0.582. The molecule has 2 aromatic rings. The molecule has 1 saturated carbocycles. The Morgan fingerprint density at radius 2 is 1.84 bits per heavy atom. The van der Waals surface area contributed by atoms with Crippen molar-refractivity contribution in [1.82, 2.24) is 10.2 Å². The molecule has 0 unspecified atom stereocenters. The third-order valence-electron chi connectivity index (χ3n) is 5.69. The molecule has 1 atom stereocenters. The van der Waals surface area contributed by atoms with E-state index in [0.717, 1.165) is 36.1 Å². The van der Waals surface area contributed by atoms with E-state index >= 15 is 0 Å². The van der Waals surface area contributed by atoms with Crippen molar-refractivity contribution < 1.29 is 9.59 Å². The van der Waals surface area contributed by atoms with Crippen LogP contribution in [0.15, 0.2) is 59.5 Å². The zero-order valence-corrected chi connectivity index (χ0v) is 19.6. The quantitative estimate of drug-likeness (QED) is 0.491. The Morgan fingerprint density at radius 3 is 2.55 bits per heavy atom. The van der Waals surface area contributed by atoms with Crippen molar-refractivity contribution in [3.63, 3.8) is 0 Å². The molecule has 1 aliphatic rings. The summed E-state index contributed by atoms with van der Waals surface area (Å²) in [6.45, 7) is 2.19. The summed E-state index contributed by atoms with van der Waals surface area (Å²) in [6, 6.07) is 17.2. The number of carbonyl (C=O) groups is 2. The molecule has 4 nitrogen and oxygen atoms in total. The summed E-state index contributed by atoms with van der Waals surface area (Å²) in [7, 11) is 0. The minimum Gasteiger partial charge on any atom is -0.352 e. The Balaban J connectivity index is 1.65. The van der Waals surface area contributed by atoms with Crippen molar-refractivity contribution >= 4 is 35.2 Å². The highest BCUT2D eigenvalue weighted by atomic mass is 35.5. The van der Waals surface area contributed by atoms with E-state index in [1.807, 2.05) is 61.5 Å². The second-order valence-corrected chi connectivity index (χ2v) is 9.69. The number of amides is 2. The van der Waals surface area contributed by atoms with E-state index in [0.29, 0.717) is 23.7 Å². The number of nitrogens with zero attached hydrogens (tertiary/aromatic N) is 1. The van der Waals surface area contributed by atoms with Gasteiger partial charge in [0.05, 0.1) is 0 Å². The summed E-state index contributed by atoms with van der Waals surface area (Å²) in [4.78, 5) is 29.0. The topological polar surface area (TPSA) is 49.4 Å². The van der Waals surface area contributed by atoms with Gasteiger partial charge in [0, 0.05) is 34.7 Å². The van der Waals surface area contributed by atoms with Crippen LogP contribution >= 0.6 is 23.4 Å². The average molecular weight is 459 g/mol. The van der Waals surface area contributed by atoms with Gasteiger partial charge in [0.15, 0.2) is 0 Å². The lowest BCUT2D eigenvalue weighted by Gasteiger charge is -2.31. The Bertz CT molecular complexity index is 856. The predicted molar refractivity (Wildman–Crippen MR) is 128 cm³/mol. The first-order valence-electron chi connectivity index (χ1n) is 11.0. The summed E-state index contributed by atoms with van der Waals surface area (Å²) >= 11 is 7.80. The van der Waals surface area contributed by atoms with Gasteiger partial charge in [0.1, 0.15) is 6.04 Å². The first-order valence-corrected chi connectivity index (χ1v) is 12.4. The fourth-order valence-electron chi connectivity index (χ4n) is 3.90. The zero-order valence-electron chi connectivity index (χ0n) is 18.1. The van der Waals surface area contributed by atoms with Crippen LogP contribution in [0.2, 0.25) is 5.02 Å². The standard InChI is InChI=1S/C25H31ClN2O2S/c1-19(25(30)27-22-11-4-2-5-12-22)28(18-20-9-8-10-21(26)17-20)24(29)15-16-31-23-13-6-3-7-14-23/h3,6-10,13-14,17,19,22H,2,4-5,11-12,15-16,18H2,1H3,(H,27,30)/t19-/m0/s1. The molecule has 2 aromatic carbocycles. The van der Waals surface area contributed by atoms with Crippen molar-refractivity contribution in [1.29, 1.82) is 0 Å². The molecule has 0 bridgehead atoms. The average Bonchev–Trinajstić information content (AvgIpc) is 2.78. The Hall–Kier alpha value is -1.98. The fraction of sp³-hybridized carbons (Fsp3) is 0.440. The van der Waals surface area contributed by atoms with Crippen LogP contribution in [0.4, 0.5) is 0 Å². The molecule has 1 aliphatic carbocycles. The van der Waals surface area contributed by atoms with Gasteiger partial charge in [0.2, 0.25) is 11.8 Å². The van der Waals surface area contributed by atoms with Crippen LogP contribution in [0.5, 0.6) is 0 Å². The zero-order chi connectivity index (χ0) is 22.1. The molecular formula is C25H31ClN2O2S. The third-order valence-corrected chi connectivity index (χ3v) is 6.94. The predicted octanol–water partition coefficient (Wildman–Crippen LogP) is 5.69. The lowest BCUT2D eigenvalue weighted by Crippen LogP contribution is -2.50. The van der Waals surface area contributed by atoms with Gasteiger partial charge < -0.3 is 10.2 Å². The molecule has 0 radical (unpaired) electrons. The van der Waals surface area contributed by atoms with Crippen LogP contribution in [-0.4, -0.2) is 34.6 Å². The van der Waals surface area contributed by atoms with E-state index in [1.165, 1.54) is 6.42 Å². The SMILES string of the molecule is C[C@@H](C(=O)NC1CCCCC1)N(Cc1cccc(Cl)c1)C(=O)CCSc1ccccc1. The van der Waals surface area contributed by atoms with Crippen LogP contribution in [0.3, 0.4) is 0 Å². The molecular weight excluding hydrogens is 428 g/mol. The third kappa shape index (κ3) is 7.58. The van der Waals surface area contributed by atoms with Gasteiger partial charge in [-0.1, -0.05) is 61.2 Å². The van der Waals surface area contributed by atoms with Crippen LogP contribution in [0.25, 0.3) is 0 Å². The van der Waals surface area contributed by atoms with Gasteiger partial charge in [-0.25, -0.2) is 0 Å². The Morgan fingerprint density at radius 1 is 1.10 bits per heavy atom. The molecule has 0 spiro atoms. The molecule has 0 saturated heterocycles. The monoisotopic (exact) mass is 458 g/mol. The van der Waals surface area contributed by atoms with Gasteiger partial charge in [-0.05, 0) is 49.6 Å². The highest BCUT2D eigenvalue weighted by Crippen LogP contribution is 2.21. The van der Waals surface area contributed by atoms with E-state index < -0.39 is 6.04 Å². The first kappa shape index (κ1) is 23.7. The fourth-order valence-corrected chi connectivity index (χ4v) is 4.97. The molecule has 2 amide bonds. The summed E-state index contributed by atoms with van der Waals surface area (Å²) in [5.41, 5.74) is 0.925. The van der Waals surface area contributed by atoms with Gasteiger partial charge in [-0.15, -0.1) is 11.8 Å². The second-order valence-electron chi connectivity index (χ2n) is 8.08. The van der Waals surface area contributed by atoms with Gasteiger partial charge in [-0.3, -0.25) is 9.59 Å². The molecule has 6 heteroatoms. The molecule has 0 heterocycles. The van der Waals surface area contributed by atoms with E-state index in [1.54, 1.807) is 16.7 Å². The van der Waals surface area contributed by atoms with E-state index in [2.05, 4.69) is 5.32 Å². The minimum absolute atomic E-state index is 0.0188. The number of rotatable bonds is 9. The largest absolute Gasteiger partial charge is 0.352 e. The Kier molecular flexibility index (Phi) is 9.29. The highest BCUT2D eigenvalue weighted by molar-refractivity contribution is 7.99. The van der Waals surface area contributed by atoms with Crippen LogP contribution in [-0.2, 0) is 16.1 Å². The number of hydrogen-bond acceptors (Lipinski definition) is 3. The van der Waals surface area contributed by atoms with E-state index in [4.69, 9.17) is 11.6 Å². The normalized spacial score (nSPS) is 15.3.